The minimum atomic E-state index is -0.990. The summed E-state index contributed by atoms with van der Waals surface area (Å²) < 4.78 is 45.2. The van der Waals surface area contributed by atoms with Gasteiger partial charge in [-0.2, -0.15) is 9.97 Å². The molecule has 4 unspecified atom stereocenters. The van der Waals surface area contributed by atoms with E-state index in [9.17, 15) is 29.1 Å². The minimum Gasteiger partial charge on any atom is -0.508 e. The van der Waals surface area contributed by atoms with Crippen molar-refractivity contribution in [3.8, 4) is 35.4 Å². The zero-order chi connectivity index (χ0) is 54.4. The Morgan fingerprint density at radius 2 is 1.67 bits per heavy atom. The lowest BCUT2D eigenvalue weighted by Crippen LogP contribution is -2.54. The molecule has 5 aromatic rings. The molecule has 11 rings (SSSR count). The van der Waals surface area contributed by atoms with E-state index in [0.717, 1.165) is 86.7 Å². The number of piperazine rings is 1. The lowest BCUT2D eigenvalue weighted by molar-refractivity contribution is -0.136. The molecule has 0 saturated carbocycles. The smallest absolute Gasteiger partial charge is 0.409 e. The number of unbranched alkanes of at least 4 members (excludes halogenated alkanes) is 5. The summed E-state index contributed by atoms with van der Waals surface area (Å²) in [4.78, 5) is 85.1. The van der Waals surface area contributed by atoms with E-state index in [1.54, 1.807) is 24.1 Å². The fraction of sp³-hybridized carbons (Fsp3) is 0.458. The van der Waals surface area contributed by atoms with Gasteiger partial charge in [0, 0.05) is 81.0 Å². The third kappa shape index (κ3) is 10.3. The third-order valence-electron chi connectivity index (χ3n) is 16.6. The van der Waals surface area contributed by atoms with Crippen molar-refractivity contribution in [1.29, 1.82) is 0 Å². The van der Waals surface area contributed by atoms with Gasteiger partial charge >= 0.3 is 12.1 Å². The third-order valence-corrected chi connectivity index (χ3v) is 16.6. The van der Waals surface area contributed by atoms with Gasteiger partial charge in [0.05, 0.1) is 22.1 Å². The highest BCUT2D eigenvalue weighted by molar-refractivity contribution is 6.23. The van der Waals surface area contributed by atoms with Gasteiger partial charge in [-0.15, -0.1) is 6.42 Å². The predicted octanol–water partition coefficient (Wildman–Crippen LogP) is 7.73. The van der Waals surface area contributed by atoms with Crippen LogP contribution in [0.4, 0.5) is 19.4 Å². The molecule has 5 fully saturated rings. The van der Waals surface area contributed by atoms with Crippen molar-refractivity contribution in [2.45, 2.75) is 133 Å². The second-order valence-electron chi connectivity index (χ2n) is 21.8. The summed E-state index contributed by atoms with van der Waals surface area (Å²) >= 11 is 0. The molecule has 17 nitrogen and oxygen atoms in total. The first-order valence-corrected chi connectivity index (χ1v) is 27.3. The maximum absolute atomic E-state index is 17.3. The van der Waals surface area contributed by atoms with E-state index in [0.29, 0.717) is 61.2 Å². The number of pyridine rings is 1. The van der Waals surface area contributed by atoms with Crippen LogP contribution < -0.4 is 20.3 Å². The molecule has 5 saturated heterocycles. The van der Waals surface area contributed by atoms with Gasteiger partial charge in [-0.05, 0) is 105 Å². The minimum absolute atomic E-state index is 0.0145. The molecular formula is C59H63F2N9O8. The molecule has 19 heteroatoms. The van der Waals surface area contributed by atoms with Crippen molar-refractivity contribution in [2.75, 3.05) is 44.7 Å². The highest BCUT2D eigenvalue weighted by Gasteiger charge is 2.45. The number of nitrogens with zero attached hydrogens (tertiary/aromatic N) is 7. The number of imide groups is 2. The summed E-state index contributed by atoms with van der Waals surface area (Å²) in [5.74, 6) is -0.746. The van der Waals surface area contributed by atoms with Crippen molar-refractivity contribution in [1.82, 2.24) is 40.3 Å². The lowest BCUT2D eigenvalue weighted by atomic mass is 9.96. The first kappa shape index (κ1) is 52.5. The van der Waals surface area contributed by atoms with Crippen LogP contribution in [-0.2, 0) is 20.7 Å². The number of rotatable bonds is 16. The Kier molecular flexibility index (Phi) is 14.8. The van der Waals surface area contributed by atoms with E-state index < -0.39 is 47.4 Å². The van der Waals surface area contributed by atoms with Gasteiger partial charge in [-0.25, -0.2) is 13.6 Å². The molecule has 406 valence electrons. The van der Waals surface area contributed by atoms with Crippen molar-refractivity contribution in [2.24, 2.45) is 0 Å². The fourth-order valence-electron chi connectivity index (χ4n) is 12.6. The maximum atomic E-state index is 17.3. The number of aromatic nitrogens is 3. The SMILES string of the molecule is C#Cc1c(F)ccc2cc(O)cc(-c3ncc4c(N5CC6CCC(C5)N6)nc(OC5CCC(=C)CN6[C@H](COC(=O)N(C)CCCCCCCCc7ccc8c(c7)C(=O)N(C7CCC(=O)NC7=O)C8=O)CC[C@H]56)nc4c3F)c12. The second kappa shape index (κ2) is 22.1. The quantitative estimate of drug-likeness (QED) is 0.0375. The van der Waals surface area contributed by atoms with Crippen LogP contribution in [0.3, 0.4) is 0 Å². The number of anilines is 1. The number of aryl methyl sites for hydroxylation is 1. The van der Waals surface area contributed by atoms with Crippen LogP contribution in [0.2, 0.25) is 0 Å². The number of benzene rings is 3. The van der Waals surface area contributed by atoms with Crippen molar-refractivity contribution in [3.63, 3.8) is 0 Å². The van der Waals surface area contributed by atoms with Gasteiger partial charge in [0.1, 0.15) is 47.3 Å². The number of nitrogens with one attached hydrogen (secondary N) is 2. The number of hydrogen-bond acceptors (Lipinski definition) is 14. The molecule has 2 bridgehead atoms. The highest BCUT2D eigenvalue weighted by atomic mass is 19.1. The number of carbonyl (C=O) groups excluding carboxylic acids is 5. The van der Waals surface area contributed by atoms with E-state index >= 15 is 8.78 Å². The van der Waals surface area contributed by atoms with Gasteiger partial charge < -0.3 is 29.7 Å². The molecule has 3 aromatic carbocycles. The highest BCUT2D eigenvalue weighted by Crippen LogP contribution is 2.41. The Balaban J connectivity index is 0.693. The largest absolute Gasteiger partial charge is 0.508 e. The Bertz CT molecular complexity index is 3300. The molecule has 78 heavy (non-hydrogen) atoms. The van der Waals surface area contributed by atoms with Crippen molar-refractivity contribution < 1.29 is 47.3 Å². The number of amides is 5. The van der Waals surface area contributed by atoms with Crippen LogP contribution in [0.15, 0.2) is 60.8 Å². The summed E-state index contributed by atoms with van der Waals surface area (Å²) in [6, 6.07) is 10.1. The number of piperidine rings is 1. The maximum Gasteiger partial charge on any atom is 0.409 e. The number of ether oxygens (including phenoxy) is 2. The average molecular weight is 1060 g/mol. The van der Waals surface area contributed by atoms with Crippen LogP contribution in [0.25, 0.3) is 32.9 Å². The van der Waals surface area contributed by atoms with E-state index in [1.807, 2.05) is 6.07 Å². The van der Waals surface area contributed by atoms with Crippen LogP contribution in [-0.4, -0.2) is 141 Å². The van der Waals surface area contributed by atoms with E-state index in [1.165, 1.54) is 30.5 Å². The first-order valence-electron chi connectivity index (χ1n) is 27.3. The number of fused-ring (bicyclic) bond motifs is 6. The summed E-state index contributed by atoms with van der Waals surface area (Å²) in [7, 11) is 1.75. The first-order chi connectivity index (χ1) is 37.7. The van der Waals surface area contributed by atoms with Gasteiger partial charge in [0.2, 0.25) is 11.8 Å². The van der Waals surface area contributed by atoms with Gasteiger partial charge in [0.25, 0.3) is 11.8 Å². The Labute approximate surface area is 450 Å². The van der Waals surface area contributed by atoms with Crippen LogP contribution in [0.5, 0.6) is 11.8 Å². The molecule has 2 aromatic heterocycles. The predicted molar refractivity (Wildman–Crippen MR) is 287 cm³/mol. The fourth-order valence-corrected chi connectivity index (χ4v) is 12.6. The van der Waals surface area contributed by atoms with Gasteiger partial charge in [0.15, 0.2) is 5.82 Å². The van der Waals surface area contributed by atoms with E-state index in [4.69, 9.17) is 25.9 Å². The molecule has 5 amide bonds. The Hall–Kier alpha value is -7.56. The molecule has 0 aliphatic carbocycles. The van der Waals surface area contributed by atoms with Crippen molar-refractivity contribution in [3.05, 3.63) is 94.7 Å². The molecule has 0 radical (unpaired) electrons. The molecular weight excluding hydrogens is 1000 g/mol. The van der Waals surface area contributed by atoms with Crippen LogP contribution in [0, 0.1) is 24.0 Å². The standard InChI is InChI=1S/C59H63F2N9O8/c1-4-40-45(60)19-14-35-26-39(71)27-43(50(35)40)52-51(61)53-44(28-62-52)54(68-30-36-15-16-37(31-68)63-36)66-58(65-53)78-48-22-12-33(2)29-69-38(17-20-46(48)69)32-77-59(76)67(3)24-10-8-6-5-7-9-11-34-13-18-41-42(25-34)57(75)70(56(41)74)47-21-23-49(72)64-55(47)73/h1,13-14,18-19,25-28,36-38,46-48,63,71H,2,5-12,15-17,20-24,29-32H2,3H3,(H,64,72,73)/t36?,37?,38-,46+,47?,48?/m0/s1. The number of hydrogen-bond donors (Lipinski definition) is 3. The molecule has 6 atom stereocenters. The summed E-state index contributed by atoms with van der Waals surface area (Å²) in [5, 5.41) is 17.7. The number of carbonyl (C=O) groups is 5. The number of aromatic hydroxyl groups is 1. The zero-order valence-corrected chi connectivity index (χ0v) is 43.7. The molecule has 6 aliphatic heterocycles. The van der Waals surface area contributed by atoms with Crippen molar-refractivity contribution >= 4 is 57.2 Å². The summed E-state index contributed by atoms with van der Waals surface area (Å²) in [6.45, 7) is 7.03. The summed E-state index contributed by atoms with van der Waals surface area (Å²) in [6.07, 6.45) is 18.0. The number of terminal acetylenes is 1. The average Bonchev–Trinajstić information content (AvgIpc) is 4.07. The second-order valence-corrected chi connectivity index (χ2v) is 21.8. The lowest BCUT2D eigenvalue weighted by Gasteiger charge is -2.35. The van der Waals surface area contributed by atoms with E-state index in [2.05, 4.69) is 37.9 Å². The summed E-state index contributed by atoms with van der Waals surface area (Å²) in [5.41, 5.74) is 2.42. The van der Waals surface area contributed by atoms with Gasteiger partial charge in [-0.3, -0.25) is 39.3 Å². The zero-order valence-electron chi connectivity index (χ0n) is 43.7. The Morgan fingerprint density at radius 1 is 0.897 bits per heavy atom. The normalized spacial score (nSPS) is 23.1. The molecule has 3 N–H and O–H groups in total. The Morgan fingerprint density at radius 3 is 2.45 bits per heavy atom. The van der Waals surface area contributed by atoms with E-state index in [-0.39, 0.29) is 94.8 Å². The molecule has 8 heterocycles. The number of halogens is 2. The monoisotopic (exact) mass is 1060 g/mol. The number of phenolic OH excluding ortho intramolecular Hbond substituents is 1. The van der Waals surface area contributed by atoms with Gasteiger partial charge in [-0.1, -0.05) is 55.9 Å². The van der Waals surface area contributed by atoms with Crippen LogP contribution in [0.1, 0.15) is 122 Å². The molecule has 0 spiro atoms. The van der Waals surface area contributed by atoms with Crippen LogP contribution >= 0.6 is 0 Å². The topological polar surface area (TPSA) is 200 Å². The number of phenols is 1. The molecule has 6 aliphatic rings.